The third-order valence-electron chi connectivity index (χ3n) is 6.09. The second-order valence-electron chi connectivity index (χ2n) is 13.5. The zero-order valence-corrected chi connectivity index (χ0v) is 25.4. The first kappa shape index (κ1) is 34.2. The SMILES string of the molecule is CC(C)(C)C.CC\C=C/C=C(\C=C/CC)C(=O)NCC(C)(C)CCCC(C)(C)CNC(=O)C1CCC1. The van der Waals surface area contributed by atoms with Gasteiger partial charge in [0.05, 0.1) is 0 Å². The Labute approximate surface area is 223 Å². The van der Waals surface area contributed by atoms with E-state index in [1.807, 2.05) is 30.4 Å². The maximum atomic E-state index is 12.7. The van der Waals surface area contributed by atoms with E-state index < -0.39 is 0 Å². The molecule has 4 heteroatoms. The molecule has 0 bridgehead atoms. The van der Waals surface area contributed by atoms with Gasteiger partial charge >= 0.3 is 0 Å². The van der Waals surface area contributed by atoms with E-state index in [2.05, 4.69) is 79.9 Å². The second kappa shape index (κ2) is 16.8. The molecule has 0 aromatic carbocycles. The van der Waals surface area contributed by atoms with Crippen LogP contribution in [0.4, 0.5) is 0 Å². The second-order valence-corrected chi connectivity index (χ2v) is 13.5. The summed E-state index contributed by atoms with van der Waals surface area (Å²) in [5.74, 6) is 0.469. The number of hydrogen-bond donors (Lipinski definition) is 2. The lowest BCUT2D eigenvalue weighted by Crippen LogP contribution is -2.40. The van der Waals surface area contributed by atoms with Crippen LogP contribution in [0, 0.1) is 22.2 Å². The van der Waals surface area contributed by atoms with Gasteiger partial charge in [-0.2, -0.15) is 0 Å². The summed E-state index contributed by atoms with van der Waals surface area (Å²) >= 11 is 0. The summed E-state index contributed by atoms with van der Waals surface area (Å²) in [7, 11) is 0. The Kier molecular flexibility index (Phi) is 16.0. The van der Waals surface area contributed by atoms with E-state index in [1.54, 1.807) is 0 Å². The van der Waals surface area contributed by atoms with Gasteiger partial charge in [-0.25, -0.2) is 0 Å². The average molecular weight is 503 g/mol. The third-order valence-corrected chi connectivity index (χ3v) is 6.09. The molecular formula is C32H58N2O2. The van der Waals surface area contributed by atoms with Crippen LogP contribution < -0.4 is 10.6 Å². The fourth-order valence-electron chi connectivity index (χ4n) is 3.54. The van der Waals surface area contributed by atoms with E-state index in [9.17, 15) is 9.59 Å². The first-order chi connectivity index (χ1) is 16.6. The maximum absolute atomic E-state index is 12.7. The van der Waals surface area contributed by atoms with E-state index in [0.717, 1.165) is 51.5 Å². The van der Waals surface area contributed by atoms with E-state index in [-0.39, 0.29) is 28.6 Å². The molecule has 0 unspecified atom stereocenters. The van der Waals surface area contributed by atoms with Gasteiger partial charge < -0.3 is 10.6 Å². The molecule has 0 atom stereocenters. The molecule has 0 aromatic heterocycles. The Morgan fingerprint density at radius 1 is 0.806 bits per heavy atom. The average Bonchev–Trinajstić information content (AvgIpc) is 2.70. The van der Waals surface area contributed by atoms with E-state index in [4.69, 9.17) is 0 Å². The number of hydrogen-bond acceptors (Lipinski definition) is 2. The molecule has 0 saturated heterocycles. The van der Waals surface area contributed by atoms with Crippen LogP contribution in [0.5, 0.6) is 0 Å². The van der Waals surface area contributed by atoms with Crippen LogP contribution in [-0.4, -0.2) is 24.9 Å². The molecule has 0 aromatic rings. The van der Waals surface area contributed by atoms with Crippen LogP contribution in [0.3, 0.4) is 0 Å². The minimum atomic E-state index is -0.0161. The van der Waals surface area contributed by atoms with E-state index in [1.165, 1.54) is 6.42 Å². The Bertz CT molecular complexity index is 726. The van der Waals surface area contributed by atoms with Crippen LogP contribution in [0.2, 0.25) is 0 Å². The molecule has 2 amide bonds. The molecule has 1 rings (SSSR count). The molecule has 1 saturated carbocycles. The zero-order chi connectivity index (χ0) is 27.8. The lowest BCUT2D eigenvalue weighted by Gasteiger charge is -2.31. The monoisotopic (exact) mass is 502 g/mol. The summed E-state index contributed by atoms with van der Waals surface area (Å²) in [5.41, 5.74) is 1.32. The molecular weight excluding hydrogens is 444 g/mol. The van der Waals surface area contributed by atoms with Crippen LogP contribution in [-0.2, 0) is 9.59 Å². The predicted molar refractivity (Wildman–Crippen MR) is 157 cm³/mol. The molecule has 208 valence electrons. The molecule has 36 heavy (non-hydrogen) atoms. The van der Waals surface area contributed by atoms with Crippen molar-refractivity contribution >= 4 is 11.8 Å². The van der Waals surface area contributed by atoms with Gasteiger partial charge in [-0.05, 0) is 60.8 Å². The quantitative estimate of drug-likeness (QED) is 0.186. The fraction of sp³-hybridized carbons (Fsp3) is 0.750. The van der Waals surface area contributed by atoms with Gasteiger partial charge in [-0.1, -0.05) is 106 Å². The highest BCUT2D eigenvalue weighted by molar-refractivity contribution is 5.96. The first-order valence-electron chi connectivity index (χ1n) is 14.2. The van der Waals surface area contributed by atoms with Crippen LogP contribution >= 0.6 is 0 Å². The van der Waals surface area contributed by atoms with Gasteiger partial charge in [-0.15, -0.1) is 0 Å². The Hall–Kier alpha value is -1.84. The highest BCUT2D eigenvalue weighted by Crippen LogP contribution is 2.30. The number of rotatable bonds is 14. The Morgan fingerprint density at radius 3 is 1.75 bits per heavy atom. The molecule has 1 fully saturated rings. The predicted octanol–water partition coefficient (Wildman–Crippen LogP) is 8.15. The summed E-state index contributed by atoms with van der Waals surface area (Å²) in [6.45, 7) is 23.2. The highest BCUT2D eigenvalue weighted by Gasteiger charge is 2.27. The van der Waals surface area contributed by atoms with Gasteiger partial charge in [0.1, 0.15) is 0 Å². The van der Waals surface area contributed by atoms with Crippen molar-refractivity contribution in [3.63, 3.8) is 0 Å². The van der Waals surface area contributed by atoms with Crippen molar-refractivity contribution in [2.75, 3.05) is 13.1 Å². The normalized spacial score (nSPS) is 15.4. The van der Waals surface area contributed by atoms with Gasteiger partial charge in [0, 0.05) is 24.6 Å². The van der Waals surface area contributed by atoms with Crippen molar-refractivity contribution < 1.29 is 9.59 Å². The molecule has 1 aliphatic carbocycles. The van der Waals surface area contributed by atoms with Crippen LogP contribution in [0.25, 0.3) is 0 Å². The number of carbonyl (C=O) groups is 2. The van der Waals surface area contributed by atoms with Crippen LogP contribution in [0.1, 0.15) is 121 Å². The maximum Gasteiger partial charge on any atom is 0.251 e. The number of carbonyl (C=O) groups excluding carboxylic acids is 2. The smallest absolute Gasteiger partial charge is 0.251 e. The standard InChI is InChI=1S/C27H46N2O2.C5H12/c1-7-9-11-15-22(14-10-8-2)24(30)28-20-26(3,4)18-13-19-27(5,6)21-29-25(31)23-16-12-17-23;1-5(2,3)4/h9-11,14-15,23H,7-8,12-13,16-21H2,1-6H3,(H,28,30)(H,29,31);1-4H3/b11-9-,14-10-,22-15+;. The van der Waals surface area contributed by atoms with Crippen molar-refractivity contribution in [3.05, 3.63) is 36.0 Å². The summed E-state index contributed by atoms with van der Waals surface area (Å²) in [4.78, 5) is 24.7. The molecule has 0 heterocycles. The molecule has 0 radical (unpaired) electrons. The minimum Gasteiger partial charge on any atom is -0.355 e. The van der Waals surface area contributed by atoms with Crippen molar-refractivity contribution in [2.24, 2.45) is 22.2 Å². The van der Waals surface area contributed by atoms with E-state index in [0.29, 0.717) is 17.5 Å². The first-order valence-corrected chi connectivity index (χ1v) is 14.2. The highest BCUT2D eigenvalue weighted by atomic mass is 16.2. The van der Waals surface area contributed by atoms with Crippen molar-refractivity contribution in [3.8, 4) is 0 Å². The molecule has 1 aliphatic rings. The largest absolute Gasteiger partial charge is 0.355 e. The number of amides is 2. The van der Waals surface area contributed by atoms with Gasteiger partial charge in [0.15, 0.2) is 0 Å². The molecule has 4 nitrogen and oxygen atoms in total. The number of nitrogens with one attached hydrogen (secondary N) is 2. The molecule has 2 N–H and O–H groups in total. The summed E-state index contributed by atoms with van der Waals surface area (Å²) in [5, 5.41) is 6.27. The number of allylic oxidation sites excluding steroid dienone is 4. The van der Waals surface area contributed by atoms with E-state index >= 15 is 0 Å². The third kappa shape index (κ3) is 18.4. The van der Waals surface area contributed by atoms with Crippen molar-refractivity contribution in [1.82, 2.24) is 10.6 Å². The lowest BCUT2D eigenvalue weighted by atomic mass is 9.80. The zero-order valence-electron chi connectivity index (χ0n) is 25.4. The van der Waals surface area contributed by atoms with Gasteiger partial charge in [0.2, 0.25) is 5.91 Å². The summed E-state index contributed by atoms with van der Waals surface area (Å²) < 4.78 is 0. The fourth-order valence-corrected chi connectivity index (χ4v) is 3.54. The van der Waals surface area contributed by atoms with Crippen molar-refractivity contribution in [2.45, 2.75) is 121 Å². The van der Waals surface area contributed by atoms with Crippen molar-refractivity contribution in [1.29, 1.82) is 0 Å². The Balaban J connectivity index is 0.00000222. The van der Waals surface area contributed by atoms with Crippen LogP contribution in [0.15, 0.2) is 36.0 Å². The van der Waals surface area contributed by atoms with Gasteiger partial charge in [0.25, 0.3) is 5.91 Å². The Morgan fingerprint density at radius 2 is 1.31 bits per heavy atom. The topological polar surface area (TPSA) is 58.2 Å². The lowest BCUT2D eigenvalue weighted by molar-refractivity contribution is -0.127. The molecule has 0 spiro atoms. The summed E-state index contributed by atoms with van der Waals surface area (Å²) in [6, 6.07) is 0. The van der Waals surface area contributed by atoms with Gasteiger partial charge in [-0.3, -0.25) is 9.59 Å². The minimum absolute atomic E-state index is 0.0161. The summed E-state index contributed by atoms with van der Waals surface area (Å²) in [6.07, 6.45) is 18.1. The molecule has 0 aliphatic heterocycles.